The van der Waals surface area contributed by atoms with Crippen LogP contribution in [0.1, 0.15) is 32.3 Å². The SMILES string of the molecule is CC(C)(N)[C@@](O)(NC(=O)CCCc1ccccc1)C(=O)O. The molecule has 6 nitrogen and oxygen atoms in total. The molecule has 1 rings (SSSR count). The van der Waals surface area contributed by atoms with E-state index in [0.717, 1.165) is 5.56 Å². The molecule has 0 bridgehead atoms. The van der Waals surface area contributed by atoms with Gasteiger partial charge in [-0.2, -0.15) is 0 Å². The summed E-state index contributed by atoms with van der Waals surface area (Å²) in [5, 5.41) is 21.2. The summed E-state index contributed by atoms with van der Waals surface area (Å²) in [7, 11) is 0. The maximum absolute atomic E-state index is 11.8. The summed E-state index contributed by atoms with van der Waals surface area (Å²) < 4.78 is 0. The van der Waals surface area contributed by atoms with Crippen molar-refractivity contribution >= 4 is 11.9 Å². The predicted molar refractivity (Wildman–Crippen MR) is 78.4 cm³/mol. The summed E-state index contributed by atoms with van der Waals surface area (Å²) in [6.07, 6.45) is 1.36. The lowest BCUT2D eigenvalue weighted by Crippen LogP contribution is -2.70. The molecule has 0 spiro atoms. The number of carbonyl (C=O) groups excluding carboxylic acids is 1. The molecular weight excluding hydrogens is 272 g/mol. The van der Waals surface area contributed by atoms with E-state index in [1.807, 2.05) is 30.3 Å². The molecule has 1 amide bonds. The Labute approximate surface area is 124 Å². The minimum atomic E-state index is -2.49. The number of aliphatic carboxylic acids is 1. The maximum atomic E-state index is 11.8. The number of nitrogens with two attached hydrogens (primary N) is 1. The summed E-state index contributed by atoms with van der Waals surface area (Å²) in [6.45, 7) is 2.68. The average molecular weight is 294 g/mol. The second-order valence-corrected chi connectivity index (χ2v) is 5.62. The van der Waals surface area contributed by atoms with E-state index in [-0.39, 0.29) is 6.42 Å². The third kappa shape index (κ3) is 4.54. The van der Waals surface area contributed by atoms with Crippen molar-refractivity contribution in [3.8, 4) is 0 Å². The molecule has 116 valence electrons. The maximum Gasteiger partial charge on any atom is 0.359 e. The van der Waals surface area contributed by atoms with Gasteiger partial charge >= 0.3 is 5.97 Å². The van der Waals surface area contributed by atoms with Crippen LogP contribution in [0.5, 0.6) is 0 Å². The summed E-state index contributed by atoms with van der Waals surface area (Å²) in [5.41, 5.74) is 2.74. The van der Waals surface area contributed by atoms with Gasteiger partial charge in [0.2, 0.25) is 5.91 Å². The third-order valence-electron chi connectivity index (χ3n) is 3.27. The molecule has 1 aromatic carbocycles. The van der Waals surface area contributed by atoms with Crippen LogP contribution in [0.3, 0.4) is 0 Å². The minimum Gasteiger partial charge on any atom is -0.478 e. The lowest BCUT2D eigenvalue weighted by atomic mass is 9.91. The molecule has 0 aliphatic rings. The second kappa shape index (κ2) is 6.69. The second-order valence-electron chi connectivity index (χ2n) is 5.62. The first-order valence-corrected chi connectivity index (χ1v) is 6.76. The van der Waals surface area contributed by atoms with E-state index in [1.54, 1.807) is 0 Å². The molecule has 0 radical (unpaired) electrons. The Hall–Kier alpha value is -1.92. The number of benzene rings is 1. The van der Waals surface area contributed by atoms with Crippen LogP contribution in [0, 0.1) is 0 Å². The number of aryl methyl sites for hydroxylation is 1. The highest BCUT2D eigenvalue weighted by Crippen LogP contribution is 2.17. The van der Waals surface area contributed by atoms with Gasteiger partial charge in [0, 0.05) is 6.42 Å². The molecule has 0 saturated carbocycles. The van der Waals surface area contributed by atoms with Crippen molar-refractivity contribution in [2.45, 2.75) is 44.4 Å². The van der Waals surface area contributed by atoms with Crippen LogP contribution in [-0.4, -0.2) is 33.4 Å². The number of hydrogen-bond acceptors (Lipinski definition) is 4. The molecule has 1 aromatic rings. The smallest absolute Gasteiger partial charge is 0.359 e. The molecule has 0 aliphatic carbocycles. The van der Waals surface area contributed by atoms with Gasteiger partial charge in [-0.1, -0.05) is 30.3 Å². The van der Waals surface area contributed by atoms with Crippen molar-refractivity contribution < 1.29 is 19.8 Å². The summed E-state index contributed by atoms with van der Waals surface area (Å²) in [5.74, 6) is -2.12. The molecule has 21 heavy (non-hydrogen) atoms. The number of carboxylic acid groups (broad SMARTS) is 1. The number of carboxylic acids is 1. The number of aliphatic hydroxyl groups is 1. The Bertz CT molecular complexity index is 496. The van der Waals surface area contributed by atoms with Crippen molar-refractivity contribution in [2.75, 3.05) is 0 Å². The molecule has 1 atom stereocenters. The van der Waals surface area contributed by atoms with E-state index in [2.05, 4.69) is 5.32 Å². The van der Waals surface area contributed by atoms with Crippen molar-refractivity contribution in [1.82, 2.24) is 5.32 Å². The molecule has 6 heteroatoms. The number of carbonyl (C=O) groups is 2. The van der Waals surface area contributed by atoms with Crippen LogP contribution in [-0.2, 0) is 16.0 Å². The normalized spacial score (nSPS) is 14.3. The van der Waals surface area contributed by atoms with Crippen molar-refractivity contribution in [2.24, 2.45) is 5.73 Å². The standard InChI is InChI=1S/C15H22N2O4/c1-14(2,16)15(21,13(19)20)17-12(18)10-6-9-11-7-4-3-5-8-11/h3-5,7-8,21H,6,9-10,16H2,1-2H3,(H,17,18)(H,19,20)/t15-/m1/s1. The minimum absolute atomic E-state index is 0.112. The van der Waals surface area contributed by atoms with Crippen molar-refractivity contribution in [3.05, 3.63) is 35.9 Å². The highest BCUT2D eigenvalue weighted by atomic mass is 16.4. The molecule has 0 saturated heterocycles. The Kier molecular flexibility index (Phi) is 5.46. The zero-order valence-electron chi connectivity index (χ0n) is 12.3. The summed E-state index contributed by atoms with van der Waals surface area (Å²) in [4.78, 5) is 23.0. The molecule has 0 heterocycles. The lowest BCUT2D eigenvalue weighted by Gasteiger charge is -2.36. The van der Waals surface area contributed by atoms with Crippen LogP contribution in [0.4, 0.5) is 0 Å². The molecular formula is C15H22N2O4. The topological polar surface area (TPSA) is 113 Å². The van der Waals surface area contributed by atoms with Crippen LogP contribution in [0.25, 0.3) is 0 Å². The van der Waals surface area contributed by atoms with Gasteiger partial charge < -0.3 is 21.3 Å². The van der Waals surface area contributed by atoms with E-state index in [4.69, 9.17) is 10.8 Å². The van der Waals surface area contributed by atoms with E-state index >= 15 is 0 Å². The highest BCUT2D eigenvalue weighted by Gasteiger charge is 2.49. The number of amides is 1. The Morgan fingerprint density at radius 3 is 2.29 bits per heavy atom. The summed E-state index contributed by atoms with van der Waals surface area (Å²) in [6, 6.07) is 9.64. The first-order chi connectivity index (χ1) is 9.67. The van der Waals surface area contributed by atoms with Gasteiger partial charge in [-0.3, -0.25) is 4.79 Å². The van der Waals surface area contributed by atoms with Gasteiger partial charge in [0.05, 0.1) is 5.54 Å². The van der Waals surface area contributed by atoms with Gasteiger partial charge in [0.25, 0.3) is 5.72 Å². The lowest BCUT2D eigenvalue weighted by molar-refractivity contribution is -0.173. The van der Waals surface area contributed by atoms with Gasteiger partial charge in [-0.05, 0) is 32.3 Å². The molecule has 0 aliphatic heterocycles. The summed E-state index contributed by atoms with van der Waals surface area (Å²) >= 11 is 0. The van der Waals surface area contributed by atoms with Crippen molar-refractivity contribution in [3.63, 3.8) is 0 Å². The van der Waals surface area contributed by atoms with E-state index in [9.17, 15) is 14.7 Å². The quantitative estimate of drug-likeness (QED) is 0.551. The Morgan fingerprint density at radius 1 is 1.24 bits per heavy atom. The van der Waals surface area contributed by atoms with Gasteiger partial charge in [0.1, 0.15) is 0 Å². The third-order valence-corrected chi connectivity index (χ3v) is 3.27. The average Bonchev–Trinajstić information content (AvgIpc) is 2.38. The molecule has 0 unspecified atom stereocenters. The van der Waals surface area contributed by atoms with E-state index < -0.39 is 23.1 Å². The monoisotopic (exact) mass is 294 g/mol. The van der Waals surface area contributed by atoms with E-state index in [1.165, 1.54) is 13.8 Å². The Balaban J connectivity index is 2.54. The fourth-order valence-corrected chi connectivity index (χ4v) is 1.85. The van der Waals surface area contributed by atoms with Crippen LogP contribution in [0.15, 0.2) is 30.3 Å². The van der Waals surface area contributed by atoms with Crippen LogP contribution >= 0.6 is 0 Å². The zero-order valence-corrected chi connectivity index (χ0v) is 12.3. The zero-order chi connectivity index (χ0) is 16.1. The van der Waals surface area contributed by atoms with Gasteiger partial charge in [-0.25, -0.2) is 4.79 Å². The fraction of sp³-hybridized carbons (Fsp3) is 0.467. The first kappa shape index (κ1) is 17.1. The van der Waals surface area contributed by atoms with Crippen LogP contribution in [0.2, 0.25) is 0 Å². The van der Waals surface area contributed by atoms with Crippen molar-refractivity contribution in [1.29, 1.82) is 0 Å². The van der Waals surface area contributed by atoms with E-state index in [0.29, 0.717) is 12.8 Å². The number of nitrogens with one attached hydrogen (secondary N) is 1. The molecule has 5 N–H and O–H groups in total. The van der Waals surface area contributed by atoms with Crippen LogP contribution < -0.4 is 11.1 Å². The van der Waals surface area contributed by atoms with Gasteiger partial charge in [-0.15, -0.1) is 0 Å². The molecule has 0 aromatic heterocycles. The largest absolute Gasteiger partial charge is 0.478 e. The highest BCUT2D eigenvalue weighted by molar-refractivity contribution is 5.86. The number of rotatable bonds is 7. The fourth-order valence-electron chi connectivity index (χ4n) is 1.85. The predicted octanol–water partition coefficient (Wildman–Crippen LogP) is 0.636. The first-order valence-electron chi connectivity index (χ1n) is 6.76. The Morgan fingerprint density at radius 2 is 1.81 bits per heavy atom. The molecule has 0 fully saturated rings. The van der Waals surface area contributed by atoms with Gasteiger partial charge in [0.15, 0.2) is 0 Å². The number of hydrogen-bond donors (Lipinski definition) is 4.